The van der Waals surface area contributed by atoms with Crippen molar-refractivity contribution in [2.24, 2.45) is 0 Å². The van der Waals surface area contributed by atoms with E-state index in [4.69, 9.17) is 4.74 Å². The highest BCUT2D eigenvalue weighted by molar-refractivity contribution is 9.10. The van der Waals surface area contributed by atoms with E-state index in [2.05, 4.69) is 15.9 Å². The summed E-state index contributed by atoms with van der Waals surface area (Å²) in [6, 6.07) is 4.43. The van der Waals surface area contributed by atoms with Crippen LogP contribution in [0.4, 0.5) is 4.39 Å². The lowest BCUT2D eigenvalue weighted by Gasteiger charge is -2.10. The molecule has 2 rings (SSSR count). The van der Waals surface area contributed by atoms with Gasteiger partial charge in [-0.3, -0.25) is 0 Å². The molecule has 0 bridgehead atoms. The third-order valence-corrected chi connectivity index (χ3v) is 2.83. The van der Waals surface area contributed by atoms with Gasteiger partial charge in [0, 0.05) is 0 Å². The number of halogens is 2. The van der Waals surface area contributed by atoms with E-state index < -0.39 is 5.60 Å². The summed E-state index contributed by atoms with van der Waals surface area (Å²) in [7, 11) is 0. The third-order valence-electron chi connectivity index (χ3n) is 2.23. The fourth-order valence-corrected chi connectivity index (χ4v) is 1.43. The first-order valence-corrected chi connectivity index (χ1v) is 5.19. The van der Waals surface area contributed by atoms with E-state index in [1.807, 2.05) is 0 Å². The Morgan fingerprint density at radius 2 is 2.21 bits per heavy atom. The summed E-state index contributed by atoms with van der Waals surface area (Å²) >= 11 is 3.06. The number of hydrogen-bond donors (Lipinski definition) is 1. The van der Waals surface area contributed by atoms with E-state index in [9.17, 15) is 9.50 Å². The van der Waals surface area contributed by atoms with Crippen molar-refractivity contribution in [3.63, 3.8) is 0 Å². The average Bonchev–Trinajstić information content (AvgIpc) is 2.87. The first-order valence-electron chi connectivity index (χ1n) is 4.39. The second-order valence-electron chi connectivity index (χ2n) is 3.59. The van der Waals surface area contributed by atoms with Gasteiger partial charge in [-0.2, -0.15) is 0 Å². The average molecular weight is 261 g/mol. The van der Waals surface area contributed by atoms with E-state index in [0.717, 1.165) is 12.8 Å². The zero-order chi connectivity index (χ0) is 10.2. The Morgan fingerprint density at radius 3 is 2.79 bits per heavy atom. The predicted octanol–water partition coefficient (Wildman–Crippen LogP) is 2.49. The Labute approximate surface area is 89.8 Å². The molecule has 14 heavy (non-hydrogen) atoms. The highest BCUT2D eigenvalue weighted by Gasteiger charge is 2.41. The number of hydrogen-bond acceptors (Lipinski definition) is 2. The zero-order valence-electron chi connectivity index (χ0n) is 7.46. The quantitative estimate of drug-likeness (QED) is 0.905. The van der Waals surface area contributed by atoms with Gasteiger partial charge in [-0.1, -0.05) is 0 Å². The van der Waals surface area contributed by atoms with Crippen LogP contribution in [0.15, 0.2) is 22.7 Å². The predicted molar refractivity (Wildman–Crippen MR) is 53.8 cm³/mol. The molecule has 1 fully saturated rings. The maximum absolute atomic E-state index is 12.8. The molecule has 2 nitrogen and oxygen atoms in total. The van der Waals surface area contributed by atoms with Gasteiger partial charge < -0.3 is 9.84 Å². The smallest absolute Gasteiger partial charge is 0.137 e. The molecule has 0 atom stereocenters. The Balaban J connectivity index is 1.99. The second kappa shape index (κ2) is 3.51. The Bertz CT molecular complexity index is 350. The molecular weight excluding hydrogens is 251 g/mol. The second-order valence-corrected chi connectivity index (χ2v) is 4.44. The molecule has 1 aliphatic rings. The summed E-state index contributed by atoms with van der Waals surface area (Å²) in [5.74, 6) is 0.251. The minimum atomic E-state index is -0.638. The highest BCUT2D eigenvalue weighted by Crippen LogP contribution is 2.35. The number of rotatable bonds is 3. The van der Waals surface area contributed by atoms with Crippen LogP contribution in [0, 0.1) is 5.82 Å². The van der Waals surface area contributed by atoms with E-state index >= 15 is 0 Å². The Morgan fingerprint density at radius 1 is 1.50 bits per heavy atom. The zero-order valence-corrected chi connectivity index (χ0v) is 9.05. The number of benzene rings is 1. The molecule has 0 radical (unpaired) electrons. The molecule has 0 saturated heterocycles. The van der Waals surface area contributed by atoms with Crippen LogP contribution in [0.1, 0.15) is 12.8 Å². The Kier molecular flexibility index (Phi) is 2.49. The van der Waals surface area contributed by atoms with Gasteiger partial charge in [0.25, 0.3) is 0 Å². The van der Waals surface area contributed by atoms with Crippen molar-refractivity contribution >= 4 is 15.9 Å². The van der Waals surface area contributed by atoms with E-state index in [-0.39, 0.29) is 12.4 Å². The number of ether oxygens (including phenoxy) is 1. The monoisotopic (exact) mass is 260 g/mol. The van der Waals surface area contributed by atoms with Crippen LogP contribution < -0.4 is 4.74 Å². The van der Waals surface area contributed by atoms with Gasteiger partial charge in [-0.25, -0.2) is 4.39 Å². The lowest BCUT2D eigenvalue weighted by atomic mass is 10.3. The SMILES string of the molecule is OC1(COc2ccc(F)c(Br)c2)CC1. The van der Waals surface area contributed by atoms with Gasteiger partial charge in [0.05, 0.1) is 10.1 Å². The van der Waals surface area contributed by atoms with Crippen molar-refractivity contribution < 1.29 is 14.2 Å². The van der Waals surface area contributed by atoms with Crippen molar-refractivity contribution in [1.82, 2.24) is 0 Å². The van der Waals surface area contributed by atoms with Gasteiger partial charge in [-0.05, 0) is 47.0 Å². The summed E-state index contributed by atoms with van der Waals surface area (Å²) in [5.41, 5.74) is -0.638. The molecule has 0 heterocycles. The van der Waals surface area contributed by atoms with Crippen molar-refractivity contribution in [2.45, 2.75) is 18.4 Å². The molecule has 1 aliphatic carbocycles. The summed E-state index contributed by atoms with van der Waals surface area (Å²) < 4.78 is 18.5. The van der Waals surface area contributed by atoms with Crippen LogP contribution in [0.5, 0.6) is 5.75 Å². The van der Waals surface area contributed by atoms with Crippen molar-refractivity contribution in [2.75, 3.05) is 6.61 Å². The largest absolute Gasteiger partial charge is 0.491 e. The lowest BCUT2D eigenvalue weighted by Crippen LogP contribution is -2.18. The van der Waals surface area contributed by atoms with Crippen LogP contribution in [-0.2, 0) is 0 Å². The minimum absolute atomic E-state index is 0.283. The van der Waals surface area contributed by atoms with Crippen molar-refractivity contribution in [1.29, 1.82) is 0 Å². The fourth-order valence-electron chi connectivity index (χ4n) is 1.07. The molecule has 1 N–H and O–H groups in total. The van der Waals surface area contributed by atoms with Crippen molar-refractivity contribution in [3.05, 3.63) is 28.5 Å². The van der Waals surface area contributed by atoms with Crippen LogP contribution in [0.2, 0.25) is 0 Å². The maximum atomic E-state index is 12.8. The van der Waals surface area contributed by atoms with E-state index in [1.54, 1.807) is 12.1 Å². The molecule has 0 aliphatic heterocycles. The van der Waals surface area contributed by atoms with E-state index in [0.29, 0.717) is 10.2 Å². The lowest BCUT2D eigenvalue weighted by molar-refractivity contribution is 0.0856. The molecule has 76 valence electrons. The van der Waals surface area contributed by atoms with Crippen LogP contribution in [0.3, 0.4) is 0 Å². The number of aliphatic hydroxyl groups is 1. The minimum Gasteiger partial charge on any atom is -0.491 e. The molecular formula is C10H10BrFO2. The fraction of sp³-hybridized carbons (Fsp3) is 0.400. The topological polar surface area (TPSA) is 29.5 Å². The molecule has 0 unspecified atom stereocenters. The summed E-state index contributed by atoms with van der Waals surface area (Å²) in [4.78, 5) is 0. The standard InChI is InChI=1S/C10H10BrFO2/c11-8-5-7(1-2-9(8)12)14-6-10(13)3-4-10/h1-2,5,13H,3-4,6H2. The van der Waals surface area contributed by atoms with Gasteiger partial charge in [0.15, 0.2) is 0 Å². The maximum Gasteiger partial charge on any atom is 0.137 e. The molecule has 1 saturated carbocycles. The molecule has 0 aromatic heterocycles. The normalized spacial score (nSPS) is 17.9. The van der Waals surface area contributed by atoms with Gasteiger partial charge in [0.2, 0.25) is 0 Å². The third kappa shape index (κ3) is 2.25. The first kappa shape index (κ1) is 9.93. The molecule has 1 aromatic carbocycles. The highest BCUT2D eigenvalue weighted by atomic mass is 79.9. The molecule has 0 spiro atoms. The van der Waals surface area contributed by atoms with Crippen molar-refractivity contribution in [3.8, 4) is 5.75 Å². The van der Waals surface area contributed by atoms with Crippen LogP contribution >= 0.6 is 15.9 Å². The van der Waals surface area contributed by atoms with Crippen LogP contribution in [0.25, 0.3) is 0 Å². The summed E-state index contributed by atoms with van der Waals surface area (Å²) in [6.07, 6.45) is 1.57. The van der Waals surface area contributed by atoms with Gasteiger partial charge in [0.1, 0.15) is 18.2 Å². The van der Waals surface area contributed by atoms with Gasteiger partial charge >= 0.3 is 0 Å². The summed E-state index contributed by atoms with van der Waals surface area (Å²) in [5, 5.41) is 9.50. The molecule has 4 heteroatoms. The Hall–Kier alpha value is -0.610. The van der Waals surface area contributed by atoms with Gasteiger partial charge in [-0.15, -0.1) is 0 Å². The van der Waals surface area contributed by atoms with Crippen LogP contribution in [-0.4, -0.2) is 17.3 Å². The van der Waals surface area contributed by atoms with E-state index in [1.165, 1.54) is 6.07 Å². The summed E-state index contributed by atoms with van der Waals surface area (Å²) in [6.45, 7) is 0.283. The first-order chi connectivity index (χ1) is 6.59. The molecule has 0 amide bonds. The molecule has 1 aromatic rings.